The van der Waals surface area contributed by atoms with Gasteiger partial charge in [-0.1, -0.05) is 13.8 Å². The molecule has 1 atom stereocenters. The summed E-state index contributed by atoms with van der Waals surface area (Å²) in [5.41, 5.74) is 5.81. The van der Waals surface area contributed by atoms with Crippen LogP contribution in [0.1, 0.15) is 20.3 Å². The number of hydrogen-bond acceptors (Lipinski definition) is 4. The first-order valence-electron chi connectivity index (χ1n) is 5.80. The first kappa shape index (κ1) is 15.2. The minimum Gasteiger partial charge on any atom is -0.383 e. The Balaban J connectivity index is 3.85. The summed E-state index contributed by atoms with van der Waals surface area (Å²) in [6, 6.07) is 0.518. The second-order valence-corrected chi connectivity index (χ2v) is 4.89. The summed E-state index contributed by atoms with van der Waals surface area (Å²) in [4.78, 5) is 2.42. The van der Waals surface area contributed by atoms with Crippen LogP contribution in [0.25, 0.3) is 0 Å². The molecule has 0 saturated carbocycles. The van der Waals surface area contributed by atoms with E-state index in [1.54, 1.807) is 7.11 Å². The van der Waals surface area contributed by atoms with Crippen molar-refractivity contribution in [2.24, 2.45) is 5.73 Å². The Bertz CT molecular complexity index is 136. The van der Waals surface area contributed by atoms with Crippen molar-refractivity contribution in [3.8, 4) is 0 Å². The van der Waals surface area contributed by atoms with Gasteiger partial charge in [0, 0.05) is 26.2 Å². The molecule has 0 bridgehead atoms. The summed E-state index contributed by atoms with van der Waals surface area (Å²) in [6.45, 7) is 7.98. The van der Waals surface area contributed by atoms with Crippen molar-refractivity contribution < 1.29 is 4.74 Å². The second kappa shape index (κ2) is 10.7. The van der Waals surface area contributed by atoms with Crippen LogP contribution in [-0.2, 0) is 4.74 Å². The van der Waals surface area contributed by atoms with Crippen LogP contribution in [0.5, 0.6) is 0 Å². The summed E-state index contributed by atoms with van der Waals surface area (Å²) in [5.74, 6) is 2.41. The van der Waals surface area contributed by atoms with Crippen LogP contribution in [0.15, 0.2) is 0 Å². The number of hydrogen-bond donors (Lipinski definition) is 1. The van der Waals surface area contributed by atoms with E-state index in [4.69, 9.17) is 10.5 Å². The molecule has 1 unspecified atom stereocenters. The minimum absolute atomic E-state index is 0.518. The van der Waals surface area contributed by atoms with E-state index in [1.165, 1.54) is 17.9 Å². The molecule has 0 amide bonds. The molecule has 0 radical (unpaired) electrons. The second-order valence-electron chi connectivity index (χ2n) is 3.50. The lowest BCUT2D eigenvalue weighted by Gasteiger charge is -2.29. The van der Waals surface area contributed by atoms with E-state index in [0.717, 1.165) is 26.2 Å². The molecule has 0 aromatic carbocycles. The summed E-state index contributed by atoms with van der Waals surface area (Å²) in [6.07, 6.45) is 1.19. The predicted octanol–water partition coefficient (Wildman–Crippen LogP) is 1.43. The SMILES string of the molecule is CCSCCC(CN)N(CC)CCOC. The molecule has 0 aromatic heterocycles. The summed E-state index contributed by atoms with van der Waals surface area (Å²) in [7, 11) is 1.75. The van der Waals surface area contributed by atoms with Crippen LogP contribution in [0, 0.1) is 0 Å². The molecular formula is C11H26N2OS. The number of rotatable bonds is 10. The van der Waals surface area contributed by atoms with Gasteiger partial charge in [-0.05, 0) is 24.5 Å². The van der Waals surface area contributed by atoms with E-state index in [-0.39, 0.29) is 0 Å². The van der Waals surface area contributed by atoms with Crippen molar-refractivity contribution >= 4 is 11.8 Å². The zero-order chi connectivity index (χ0) is 11.5. The first-order valence-corrected chi connectivity index (χ1v) is 6.96. The molecule has 2 N–H and O–H groups in total. The van der Waals surface area contributed by atoms with Gasteiger partial charge in [0.25, 0.3) is 0 Å². The van der Waals surface area contributed by atoms with Gasteiger partial charge in [0.2, 0.25) is 0 Å². The van der Waals surface area contributed by atoms with Crippen molar-refractivity contribution in [3.05, 3.63) is 0 Å². The van der Waals surface area contributed by atoms with E-state index in [0.29, 0.717) is 6.04 Å². The van der Waals surface area contributed by atoms with Crippen molar-refractivity contribution in [2.75, 3.05) is 44.9 Å². The fourth-order valence-electron chi connectivity index (χ4n) is 1.62. The number of nitrogens with two attached hydrogens (primary N) is 1. The fraction of sp³-hybridized carbons (Fsp3) is 1.00. The maximum absolute atomic E-state index is 5.81. The van der Waals surface area contributed by atoms with Crippen LogP contribution in [0.3, 0.4) is 0 Å². The average molecular weight is 234 g/mol. The number of likely N-dealkylation sites (N-methyl/N-ethyl adjacent to an activating group) is 1. The third kappa shape index (κ3) is 7.17. The van der Waals surface area contributed by atoms with E-state index in [1.807, 2.05) is 11.8 Å². The molecule has 4 heteroatoms. The van der Waals surface area contributed by atoms with E-state index >= 15 is 0 Å². The Labute approximate surface area is 98.7 Å². The maximum Gasteiger partial charge on any atom is 0.0589 e. The van der Waals surface area contributed by atoms with Crippen LogP contribution < -0.4 is 5.73 Å². The molecule has 0 saturated heterocycles. The molecule has 0 aliphatic rings. The summed E-state index contributed by atoms with van der Waals surface area (Å²) in [5, 5.41) is 0. The average Bonchev–Trinajstić information content (AvgIpc) is 2.27. The molecule has 15 heavy (non-hydrogen) atoms. The minimum atomic E-state index is 0.518. The van der Waals surface area contributed by atoms with Crippen LogP contribution in [0.4, 0.5) is 0 Å². The molecule has 92 valence electrons. The first-order chi connectivity index (χ1) is 7.29. The monoisotopic (exact) mass is 234 g/mol. The van der Waals surface area contributed by atoms with Crippen LogP contribution in [0.2, 0.25) is 0 Å². The van der Waals surface area contributed by atoms with Crippen molar-refractivity contribution in [2.45, 2.75) is 26.3 Å². The van der Waals surface area contributed by atoms with Gasteiger partial charge in [-0.25, -0.2) is 0 Å². The van der Waals surface area contributed by atoms with E-state index < -0.39 is 0 Å². The maximum atomic E-state index is 5.81. The van der Waals surface area contributed by atoms with Gasteiger partial charge in [0.05, 0.1) is 6.61 Å². The molecule has 0 aliphatic carbocycles. The molecule has 0 spiro atoms. The molecule has 0 aliphatic heterocycles. The van der Waals surface area contributed by atoms with Gasteiger partial charge in [-0.3, -0.25) is 4.90 Å². The summed E-state index contributed by atoms with van der Waals surface area (Å²) < 4.78 is 5.11. The quantitative estimate of drug-likeness (QED) is 0.580. The van der Waals surface area contributed by atoms with E-state index in [2.05, 4.69) is 18.7 Å². The van der Waals surface area contributed by atoms with Gasteiger partial charge < -0.3 is 10.5 Å². The number of thioether (sulfide) groups is 1. The normalized spacial score (nSPS) is 13.4. The summed E-state index contributed by atoms with van der Waals surface area (Å²) >= 11 is 1.99. The Morgan fingerprint density at radius 2 is 2.13 bits per heavy atom. The highest BCUT2D eigenvalue weighted by atomic mass is 32.2. The van der Waals surface area contributed by atoms with Gasteiger partial charge in [-0.15, -0.1) is 0 Å². The third-order valence-corrected chi connectivity index (χ3v) is 3.51. The van der Waals surface area contributed by atoms with Gasteiger partial charge in [-0.2, -0.15) is 11.8 Å². The lowest BCUT2D eigenvalue weighted by Crippen LogP contribution is -2.42. The standard InChI is InChI=1S/C11H26N2OS/c1-4-13(7-8-14-3)11(10-12)6-9-15-5-2/h11H,4-10,12H2,1-3H3. The molecule has 0 aromatic rings. The smallest absolute Gasteiger partial charge is 0.0589 e. The largest absolute Gasteiger partial charge is 0.383 e. The molecule has 3 nitrogen and oxygen atoms in total. The Kier molecular flexibility index (Phi) is 10.9. The highest BCUT2D eigenvalue weighted by Gasteiger charge is 2.14. The number of methoxy groups -OCH3 is 1. The Morgan fingerprint density at radius 3 is 2.60 bits per heavy atom. The fourth-order valence-corrected chi connectivity index (χ4v) is 2.35. The van der Waals surface area contributed by atoms with Crippen molar-refractivity contribution in [1.82, 2.24) is 4.90 Å². The number of nitrogens with zero attached hydrogens (tertiary/aromatic N) is 1. The zero-order valence-corrected chi connectivity index (χ0v) is 11.2. The highest BCUT2D eigenvalue weighted by molar-refractivity contribution is 7.99. The van der Waals surface area contributed by atoms with Gasteiger partial charge in [0.15, 0.2) is 0 Å². The topological polar surface area (TPSA) is 38.5 Å². The Hall–Kier alpha value is 0.230. The number of ether oxygens (including phenoxy) is 1. The van der Waals surface area contributed by atoms with E-state index in [9.17, 15) is 0 Å². The molecule has 0 heterocycles. The van der Waals surface area contributed by atoms with Crippen LogP contribution in [-0.4, -0.2) is 55.8 Å². The highest BCUT2D eigenvalue weighted by Crippen LogP contribution is 2.08. The molecule has 0 rings (SSSR count). The van der Waals surface area contributed by atoms with Crippen molar-refractivity contribution in [1.29, 1.82) is 0 Å². The Morgan fingerprint density at radius 1 is 1.40 bits per heavy atom. The predicted molar refractivity (Wildman–Crippen MR) is 69.6 cm³/mol. The molecular weight excluding hydrogens is 208 g/mol. The zero-order valence-electron chi connectivity index (χ0n) is 10.4. The van der Waals surface area contributed by atoms with Gasteiger partial charge in [0.1, 0.15) is 0 Å². The molecule has 0 fully saturated rings. The van der Waals surface area contributed by atoms with Gasteiger partial charge >= 0.3 is 0 Å². The van der Waals surface area contributed by atoms with Crippen molar-refractivity contribution in [3.63, 3.8) is 0 Å². The van der Waals surface area contributed by atoms with Crippen LogP contribution >= 0.6 is 11.8 Å². The lowest BCUT2D eigenvalue weighted by molar-refractivity contribution is 0.124. The third-order valence-electron chi connectivity index (χ3n) is 2.58. The lowest BCUT2D eigenvalue weighted by atomic mass is 10.2.